The molecule has 5 nitrogen and oxygen atoms in total. The van der Waals surface area contributed by atoms with Gasteiger partial charge >= 0.3 is 0 Å². The monoisotopic (exact) mass is 380 g/mol. The summed E-state index contributed by atoms with van der Waals surface area (Å²) in [7, 11) is 0.576. The number of methoxy groups -OCH3 is 1. The zero-order chi connectivity index (χ0) is 16.2. The summed E-state index contributed by atoms with van der Waals surface area (Å²) in [6.45, 7) is 1.50. The van der Waals surface area contributed by atoms with Crippen LogP contribution in [0.3, 0.4) is 0 Å². The van der Waals surface area contributed by atoms with Crippen molar-refractivity contribution in [2.75, 3.05) is 31.8 Å². The molecule has 130 valence electrons. The summed E-state index contributed by atoms with van der Waals surface area (Å²) in [4.78, 5) is 12.6. The fourth-order valence-electron chi connectivity index (χ4n) is 2.58. The van der Waals surface area contributed by atoms with E-state index in [2.05, 4.69) is 10.6 Å². The minimum Gasteiger partial charge on any atom is -0.368 e. The first kappa shape index (κ1) is 20.4. The van der Waals surface area contributed by atoms with Gasteiger partial charge in [0.05, 0.1) is 0 Å². The third kappa shape index (κ3) is 5.16. The van der Waals surface area contributed by atoms with Crippen molar-refractivity contribution < 1.29 is 13.7 Å². The molecule has 0 aromatic heterocycles. The van der Waals surface area contributed by atoms with Gasteiger partial charge in [0.15, 0.2) is 0 Å². The van der Waals surface area contributed by atoms with Crippen LogP contribution in [0.15, 0.2) is 18.2 Å². The Kier molecular flexibility index (Phi) is 7.97. The van der Waals surface area contributed by atoms with E-state index in [-0.39, 0.29) is 18.3 Å². The molecule has 1 aliphatic rings. The summed E-state index contributed by atoms with van der Waals surface area (Å²) in [5, 5.41) is 6.67. The molecule has 0 spiro atoms. The van der Waals surface area contributed by atoms with Crippen molar-refractivity contribution in [2.45, 2.75) is 24.2 Å². The molecule has 2 N–H and O–H groups in total. The average Bonchev–Trinajstić information content (AvgIpc) is 2.50. The SMILES string of the molecule is COC1(C(=O)Nc2ccc(Cl)c(CS(C)=O)c2)CCNCC1.Cl. The van der Waals surface area contributed by atoms with Crippen molar-refractivity contribution in [3.8, 4) is 0 Å². The molecule has 0 saturated carbocycles. The molecule has 1 unspecified atom stereocenters. The van der Waals surface area contributed by atoms with Crippen LogP contribution in [0.5, 0.6) is 0 Å². The number of amides is 1. The fraction of sp³-hybridized carbons (Fsp3) is 0.533. The fourth-order valence-corrected chi connectivity index (χ4v) is 3.52. The lowest BCUT2D eigenvalue weighted by molar-refractivity contribution is -0.140. The van der Waals surface area contributed by atoms with E-state index < -0.39 is 16.4 Å². The summed E-state index contributed by atoms with van der Waals surface area (Å²) < 4.78 is 16.9. The van der Waals surface area contributed by atoms with Gasteiger partial charge in [-0.3, -0.25) is 9.00 Å². The topological polar surface area (TPSA) is 67.4 Å². The second-order valence-electron chi connectivity index (χ2n) is 5.43. The molecule has 1 atom stereocenters. The van der Waals surface area contributed by atoms with E-state index in [1.54, 1.807) is 31.6 Å². The van der Waals surface area contributed by atoms with Crippen molar-refractivity contribution in [1.29, 1.82) is 0 Å². The quantitative estimate of drug-likeness (QED) is 0.822. The first-order valence-electron chi connectivity index (χ1n) is 7.12. The van der Waals surface area contributed by atoms with Crippen LogP contribution >= 0.6 is 24.0 Å². The highest BCUT2D eigenvalue weighted by Gasteiger charge is 2.39. The van der Waals surface area contributed by atoms with Gasteiger partial charge in [0.1, 0.15) is 5.60 Å². The van der Waals surface area contributed by atoms with Gasteiger partial charge in [0, 0.05) is 40.6 Å². The average molecular weight is 381 g/mol. The Labute approximate surface area is 150 Å². The van der Waals surface area contributed by atoms with E-state index in [0.717, 1.165) is 18.7 Å². The first-order valence-corrected chi connectivity index (χ1v) is 9.23. The summed E-state index contributed by atoms with van der Waals surface area (Å²) in [6.07, 6.45) is 2.89. The summed E-state index contributed by atoms with van der Waals surface area (Å²) >= 11 is 6.10. The van der Waals surface area contributed by atoms with Gasteiger partial charge in [-0.05, 0) is 49.7 Å². The number of piperidine rings is 1. The van der Waals surface area contributed by atoms with Gasteiger partial charge in [-0.15, -0.1) is 12.4 Å². The van der Waals surface area contributed by atoms with Crippen LogP contribution in [0.4, 0.5) is 5.69 Å². The molecule has 1 fully saturated rings. The number of rotatable bonds is 5. The number of hydrogen-bond donors (Lipinski definition) is 2. The number of halogens is 2. The van der Waals surface area contributed by atoms with E-state index in [9.17, 15) is 9.00 Å². The van der Waals surface area contributed by atoms with Gasteiger partial charge < -0.3 is 15.4 Å². The van der Waals surface area contributed by atoms with E-state index in [1.807, 2.05) is 0 Å². The number of benzene rings is 1. The standard InChI is InChI=1S/C15H21ClN2O3S.ClH/c1-21-15(5-7-17-8-6-15)14(19)18-12-3-4-13(16)11(9-12)10-22(2)20;/h3-4,9,17H,5-8,10H2,1-2H3,(H,18,19);1H. The predicted octanol–water partition coefficient (Wildman–Crippen LogP) is 2.35. The Morgan fingerprint density at radius 3 is 2.65 bits per heavy atom. The molecule has 1 saturated heterocycles. The number of nitrogens with one attached hydrogen (secondary N) is 2. The zero-order valence-corrected chi connectivity index (χ0v) is 15.6. The molecule has 8 heteroatoms. The van der Waals surface area contributed by atoms with Crippen molar-refractivity contribution >= 4 is 46.4 Å². The molecule has 1 aromatic rings. The lowest BCUT2D eigenvalue weighted by Gasteiger charge is -2.34. The number of hydrogen-bond acceptors (Lipinski definition) is 4. The Morgan fingerprint density at radius 2 is 2.09 bits per heavy atom. The highest BCUT2D eigenvalue weighted by atomic mass is 35.5. The van der Waals surface area contributed by atoms with E-state index in [0.29, 0.717) is 29.3 Å². The summed E-state index contributed by atoms with van der Waals surface area (Å²) in [5.41, 5.74) is 0.611. The van der Waals surface area contributed by atoms with Crippen LogP contribution < -0.4 is 10.6 Å². The molecule has 0 bridgehead atoms. The van der Waals surface area contributed by atoms with Crippen LogP contribution in [0, 0.1) is 0 Å². The van der Waals surface area contributed by atoms with Crippen LogP contribution in [-0.2, 0) is 26.1 Å². The molecule has 23 heavy (non-hydrogen) atoms. The smallest absolute Gasteiger partial charge is 0.256 e. The molecule has 1 aliphatic heterocycles. The molecular formula is C15H22Cl2N2O3S. The van der Waals surface area contributed by atoms with Gasteiger partial charge in [-0.25, -0.2) is 0 Å². The Bertz CT molecular complexity index is 578. The minimum atomic E-state index is -0.992. The highest BCUT2D eigenvalue weighted by molar-refractivity contribution is 7.83. The van der Waals surface area contributed by atoms with Crippen LogP contribution in [0.1, 0.15) is 18.4 Å². The maximum Gasteiger partial charge on any atom is 0.256 e. The number of anilines is 1. The Balaban J connectivity index is 0.00000264. The zero-order valence-electron chi connectivity index (χ0n) is 13.2. The number of carbonyl (C=O) groups is 1. The first-order chi connectivity index (χ1) is 10.5. The maximum absolute atomic E-state index is 12.6. The lowest BCUT2D eigenvalue weighted by atomic mass is 9.91. The normalized spacial score (nSPS) is 17.9. The molecular weight excluding hydrogens is 359 g/mol. The van der Waals surface area contributed by atoms with Gasteiger partial charge in [-0.1, -0.05) is 11.6 Å². The predicted molar refractivity (Wildman–Crippen MR) is 96.9 cm³/mol. The van der Waals surface area contributed by atoms with E-state index in [4.69, 9.17) is 16.3 Å². The third-order valence-electron chi connectivity index (χ3n) is 3.88. The second-order valence-corrected chi connectivity index (χ2v) is 7.27. The van der Waals surface area contributed by atoms with Crippen molar-refractivity contribution in [3.63, 3.8) is 0 Å². The van der Waals surface area contributed by atoms with E-state index in [1.165, 1.54) is 0 Å². The van der Waals surface area contributed by atoms with Gasteiger partial charge in [-0.2, -0.15) is 0 Å². The highest BCUT2D eigenvalue weighted by Crippen LogP contribution is 2.26. The molecule has 2 rings (SSSR count). The molecule has 1 amide bonds. The molecule has 1 heterocycles. The van der Waals surface area contributed by atoms with Crippen molar-refractivity contribution in [2.24, 2.45) is 0 Å². The third-order valence-corrected chi connectivity index (χ3v) is 4.96. The summed E-state index contributed by atoms with van der Waals surface area (Å²) in [6, 6.07) is 5.22. The largest absolute Gasteiger partial charge is 0.368 e. The minimum absolute atomic E-state index is 0. The van der Waals surface area contributed by atoms with Crippen LogP contribution in [0.2, 0.25) is 5.02 Å². The Morgan fingerprint density at radius 1 is 1.43 bits per heavy atom. The molecule has 0 aliphatic carbocycles. The maximum atomic E-state index is 12.6. The second kappa shape index (κ2) is 8.99. The Hall–Kier alpha value is -0.660. The van der Waals surface area contributed by atoms with Crippen molar-refractivity contribution in [1.82, 2.24) is 5.32 Å². The summed E-state index contributed by atoms with van der Waals surface area (Å²) in [5.74, 6) is 0.212. The molecule has 1 aromatic carbocycles. The number of carbonyl (C=O) groups excluding carboxylic acids is 1. The van der Waals surface area contributed by atoms with Crippen LogP contribution in [0.25, 0.3) is 0 Å². The van der Waals surface area contributed by atoms with E-state index >= 15 is 0 Å². The molecule has 0 radical (unpaired) electrons. The number of ether oxygens (including phenoxy) is 1. The lowest BCUT2D eigenvalue weighted by Crippen LogP contribution is -2.51. The van der Waals surface area contributed by atoms with Crippen molar-refractivity contribution in [3.05, 3.63) is 28.8 Å². The van der Waals surface area contributed by atoms with Gasteiger partial charge in [0.25, 0.3) is 5.91 Å². The van der Waals surface area contributed by atoms with Crippen LogP contribution in [-0.4, -0.2) is 42.2 Å². The van der Waals surface area contributed by atoms with Gasteiger partial charge in [0.2, 0.25) is 0 Å².